The predicted octanol–water partition coefficient (Wildman–Crippen LogP) is 11.2. The van der Waals surface area contributed by atoms with Crippen LogP contribution >= 0.6 is 7.92 Å². The molecule has 4 nitrogen and oxygen atoms in total. The summed E-state index contributed by atoms with van der Waals surface area (Å²) in [4.78, 5) is 22.9. The van der Waals surface area contributed by atoms with Crippen LogP contribution in [0.25, 0.3) is 0 Å². The van der Waals surface area contributed by atoms with E-state index in [0.29, 0.717) is 5.41 Å². The first kappa shape index (κ1) is 40.4. The van der Waals surface area contributed by atoms with Gasteiger partial charge < -0.3 is 9.84 Å². The van der Waals surface area contributed by atoms with Crippen LogP contribution in [-0.2, 0) is 14.3 Å². The van der Waals surface area contributed by atoms with Gasteiger partial charge in [0, 0.05) is 6.42 Å². The summed E-state index contributed by atoms with van der Waals surface area (Å²) in [7, 11) is -0.446. The van der Waals surface area contributed by atoms with Crippen molar-refractivity contribution < 1.29 is 19.4 Å². The van der Waals surface area contributed by atoms with Gasteiger partial charge in [0.15, 0.2) is 0 Å². The minimum absolute atomic E-state index is 0.0236. The number of carboxylic acid groups (broad SMARTS) is 1. The summed E-state index contributed by atoms with van der Waals surface area (Å²) in [6.45, 7) is 12.4. The molecule has 0 saturated heterocycles. The molecule has 0 amide bonds. The first-order valence-corrected chi connectivity index (χ1v) is 22.4. The third kappa shape index (κ3) is 9.24. The molecule has 7 rings (SSSR count). The Bertz CT molecular complexity index is 1590. The highest BCUT2D eigenvalue weighted by atomic mass is 31.1. The van der Waals surface area contributed by atoms with E-state index in [2.05, 4.69) is 132 Å². The van der Waals surface area contributed by atoms with Gasteiger partial charge >= 0.3 is 11.9 Å². The zero-order valence-electron chi connectivity index (χ0n) is 33.6. The lowest BCUT2D eigenvalue weighted by Crippen LogP contribution is -2.51. The molecule has 3 fully saturated rings. The SMILES string of the molecule is CC(C)CCCC(C)[C@H]1CC[C@H]2[C@@H]3CC=C4C[C@@H](OC(=O)CCC(=O)O)CC[C@]4(C)[C@H]3CC[C@]12C.c1ccc(P(c2ccccc2)c2ccccc2)cc1. The summed E-state index contributed by atoms with van der Waals surface area (Å²) in [6, 6.07) is 32.3. The van der Waals surface area contributed by atoms with Crippen LogP contribution in [0.1, 0.15) is 118 Å². The lowest BCUT2D eigenvalue weighted by atomic mass is 9.47. The van der Waals surface area contributed by atoms with Crippen molar-refractivity contribution in [2.75, 3.05) is 0 Å². The smallest absolute Gasteiger partial charge is 0.306 e. The van der Waals surface area contributed by atoms with Crippen LogP contribution in [0.5, 0.6) is 0 Å². The summed E-state index contributed by atoms with van der Waals surface area (Å²) in [5, 5.41) is 13.0. The van der Waals surface area contributed by atoms with Crippen molar-refractivity contribution in [3.8, 4) is 0 Å². The topological polar surface area (TPSA) is 63.6 Å². The molecule has 0 bridgehead atoms. The fraction of sp³-hybridized carbons (Fsp3) is 0.551. The zero-order valence-corrected chi connectivity index (χ0v) is 34.5. The largest absolute Gasteiger partial charge is 0.481 e. The maximum absolute atomic E-state index is 12.1. The number of aliphatic carboxylic acids is 1. The molecular weight excluding hydrogens is 684 g/mol. The maximum atomic E-state index is 12.1. The summed E-state index contributed by atoms with van der Waals surface area (Å²) < 4.78 is 5.70. The van der Waals surface area contributed by atoms with Crippen molar-refractivity contribution in [1.82, 2.24) is 0 Å². The molecule has 8 atom stereocenters. The minimum Gasteiger partial charge on any atom is -0.481 e. The number of rotatable bonds is 12. The summed E-state index contributed by atoms with van der Waals surface area (Å²) >= 11 is 0. The normalized spacial score (nSPS) is 29.2. The Morgan fingerprint density at radius 3 is 1.91 bits per heavy atom. The second kappa shape index (κ2) is 18.1. The van der Waals surface area contributed by atoms with Gasteiger partial charge in [0.2, 0.25) is 0 Å². The molecule has 4 aliphatic rings. The summed E-state index contributed by atoms with van der Waals surface area (Å²) in [5.41, 5.74) is 2.27. The molecular formula is C49H65O4P. The number of esters is 1. The van der Waals surface area contributed by atoms with E-state index in [9.17, 15) is 9.59 Å². The van der Waals surface area contributed by atoms with Gasteiger partial charge in [-0.2, -0.15) is 0 Å². The molecule has 5 heteroatoms. The van der Waals surface area contributed by atoms with E-state index < -0.39 is 13.9 Å². The molecule has 54 heavy (non-hydrogen) atoms. The van der Waals surface area contributed by atoms with Gasteiger partial charge in [0.1, 0.15) is 6.10 Å². The molecule has 0 radical (unpaired) electrons. The Kier molecular flexibility index (Phi) is 13.6. The van der Waals surface area contributed by atoms with Gasteiger partial charge in [-0.3, -0.25) is 9.59 Å². The van der Waals surface area contributed by atoms with Crippen molar-refractivity contribution >= 4 is 35.8 Å². The Hall–Kier alpha value is -3.23. The van der Waals surface area contributed by atoms with Crippen LogP contribution in [-0.4, -0.2) is 23.1 Å². The minimum atomic E-state index is -0.942. The lowest BCUT2D eigenvalue weighted by molar-refractivity contribution is -0.154. The molecule has 1 unspecified atom stereocenters. The third-order valence-corrected chi connectivity index (χ3v) is 16.6. The number of hydrogen-bond acceptors (Lipinski definition) is 3. The monoisotopic (exact) mass is 748 g/mol. The Morgan fingerprint density at radius 2 is 1.35 bits per heavy atom. The van der Waals surface area contributed by atoms with E-state index in [0.717, 1.165) is 54.8 Å². The van der Waals surface area contributed by atoms with Crippen molar-refractivity contribution in [2.24, 2.45) is 46.3 Å². The van der Waals surface area contributed by atoms with Crippen molar-refractivity contribution in [3.05, 3.63) is 103 Å². The standard InChI is InChI=1S/C31H50O4.C18H15P/c1-20(2)7-6-8-21(3)25-11-12-26-24-10-9-22-19-23(35-29(34)14-13-28(32)33)15-17-30(22,4)27(24)16-18-31(25,26)5;1-4-10-16(11-5-1)19(17-12-6-2-7-13-17)18-14-8-3-9-15-18/h9,20-21,23-27H,6-8,10-19H2,1-5H3,(H,32,33);1-15H/t21?,23-,24-,25+,26-,27-,30-,31+;/m0./s1. The Morgan fingerprint density at radius 1 is 0.759 bits per heavy atom. The van der Waals surface area contributed by atoms with Crippen LogP contribution in [0, 0.1) is 46.3 Å². The number of allylic oxidation sites excluding steroid dienone is 1. The fourth-order valence-electron chi connectivity index (χ4n) is 11.4. The predicted molar refractivity (Wildman–Crippen MR) is 225 cm³/mol. The van der Waals surface area contributed by atoms with E-state index in [-0.39, 0.29) is 30.3 Å². The number of carboxylic acids is 1. The molecule has 3 saturated carbocycles. The van der Waals surface area contributed by atoms with E-state index in [1.165, 1.54) is 72.9 Å². The highest BCUT2D eigenvalue weighted by molar-refractivity contribution is 7.79. The number of carbonyl (C=O) groups excluding carboxylic acids is 1. The second-order valence-electron chi connectivity index (χ2n) is 17.9. The highest BCUT2D eigenvalue weighted by Crippen LogP contribution is 2.67. The van der Waals surface area contributed by atoms with Crippen molar-refractivity contribution in [1.29, 1.82) is 0 Å². The number of benzene rings is 3. The van der Waals surface area contributed by atoms with Crippen molar-refractivity contribution in [3.63, 3.8) is 0 Å². The van der Waals surface area contributed by atoms with Gasteiger partial charge in [-0.15, -0.1) is 0 Å². The van der Waals surface area contributed by atoms with E-state index in [1.807, 2.05) is 0 Å². The maximum Gasteiger partial charge on any atom is 0.306 e. The van der Waals surface area contributed by atoms with E-state index in [1.54, 1.807) is 0 Å². The van der Waals surface area contributed by atoms with Crippen molar-refractivity contribution in [2.45, 2.75) is 124 Å². The fourth-order valence-corrected chi connectivity index (χ4v) is 13.7. The molecule has 4 aliphatic carbocycles. The molecule has 3 aromatic rings. The number of carbonyl (C=O) groups is 2. The molecule has 3 aromatic carbocycles. The van der Waals surface area contributed by atoms with E-state index >= 15 is 0 Å². The molecule has 0 aliphatic heterocycles. The van der Waals surface area contributed by atoms with Gasteiger partial charge in [0.25, 0.3) is 0 Å². The molecule has 0 heterocycles. The van der Waals surface area contributed by atoms with Gasteiger partial charge in [0.05, 0.1) is 12.8 Å². The molecule has 0 aromatic heterocycles. The van der Waals surface area contributed by atoms with Crippen LogP contribution in [0.2, 0.25) is 0 Å². The second-order valence-corrected chi connectivity index (χ2v) is 20.1. The zero-order chi connectivity index (χ0) is 38.3. The average molecular weight is 749 g/mol. The highest BCUT2D eigenvalue weighted by Gasteiger charge is 2.59. The first-order valence-electron chi connectivity index (χ1n) is 21.1. The van der Waals surface area contributed by atoms with Gasteiger partial charge in [-0.05, 0) is 115 Å². The Balaban J connectivity index is 0.000000219. The average Bonchev–Trinajstić information content (AvgIpc) is 3.53. The van der Waals surface area contributed by atoms with Gasteiger partial charge in [-0.25, -0.2) is 0 Å². The quantitative estimate of drug-likeness (QED) is 0.114. The van der Waals surface area contributed by atoms with Crippen LogP contribution in [0.15, 0.2) is 103 Å². The Labute approximate surface area is 327 Å². The number of fused-ring (bicyclic) bond motifs is 5. The van der Waals surface area contributed by atoms with Gasteiger partial charge in [-0.1, -0.05) is 157 Å². The van der Waals surface area contributed by atoms with Crippen LogP contribution in [0.3, 0.4) is 0 Å². The number of ether oxygens (including phenoxy) is 1. The third-order valence-electron chi connectivity index (χ3n) is 14.1. The van der Waals surface area contributed by atoms with Crippen LogP contribution < -0.4 is 15.9 Å². The first-order chi connectivity index (χ1) is 26.0. The lowest BCUT2D eigenvalue weighted by Gasteiger charge is -2.58. The molecule has 0 spiro atoms. The van der Waals surface area contributed by atoms with Crippen LogP contribution in [0.4, 0.5) is 0 Å². The number of hydrogen-bond donors (Lipinski definition) is 1. The molecule has 1 N–H and O–H groups in total. The molecule has 290 valence electrons. The summed E-state index contributed by atoms with van der Waals surface area (Å²) in [6.07, 6.45) is 16.0. The summed E-state index contributed by atoms with van der Waals surface area (Å²) in [5.74, 6) is 3.68. The van der Waals surface area contributed by atoms with E-state index in [4.69, 9.17) is 9.84 Å².